The van der Waals surface area contributed by atoms with Crippen LogP contribution in [0.3, 0.4) is 0 Å². The van der Waals surface area contributed by atoms with E-state index in [1.165, 1.54) is 12.7 Å². The summed E-state index contributed by atoms with van der Waals surface area (Å²) in [6.45, 7) is 0. The number of ether oxygens (including phenoxy) is 1. The zero-order valence-corrected chi connectivity index (χ0v) is 14.4. The van der Waals surface area contributed by atoms with Crippen LogP contribution in [-0.2, 0) is 16.4 Å². The lowest BCUT2D eigenvalue weighted by Gasteiger charge is -2.16. The minimum absolute atomic E-state index is 0.147. The van der Waals surface area contributed by atoms with E-state index >= 15 is 0 Å². The largest absolute Gasteiger partial charge is 0.495 e. The van der Waals surface area contributed by atoms with Crippen molar-refractivity contribution in [3.05, 3.63) is 58.1 Å². The number of sulfonamides is 1. The highest BCUT2D eigenvalue weighted by molar-refractivity contribution is 9.10. The van der Waals surface area contributed by atoms with Gasteiger partial charge in [-0.2, -0.15) is 0 Å². The summed E-state index contributed by atoms with van der Waals surface area (Å²) in [5, 5.41) is 0. The van der Waals surface area contributed by atoms with Gasteiger partial charge in [0.15, 0.2) is 0 Å². The molecule has 0 heterocycles. The van der Waals surface area contributed by atoms with Crippen molar-refractivity contribution < 1.29 is 13.2 Å². The van der Waals surface area contributed by atoms with Crippen molar-refractivity contribution in [2.45, 2.75) is 23.8 Å². The molecule has 4 nitrogen and oxygen atoms in total. The second-order valence-corrected chi connectivity index (χ2v) is 7.80. The van der Waals surface area contributed by atoms with E-state index in [2.05, 4.69) is 20.7 Å². The van der Waals surface area contributed by atoms with Crippen LogP contribution in [0.15, 0.2) is 51.8 Å². The minimum atomic E-state index is -3.66. The summed E-state index contributed by atoms with van der Waals surface area (Å²) in [6, 6.07) is 12.7. The number of aryl methyl sites for hydroxylation is 1. The zero-order chi connectivity index (χ0) is 15.7. The molecule has 1 N–H and O–H groups in total. The summed E-state index contributed by atoms with van der Waals surface area (Å²) < 4.78 is 34.1. The lowest BCUT2D eigenvalue weighted by Crippen LogP contribution is -2.27. The average molecular weight is 382 g/mol. The highest BCUT2D eigenvalue weighted by Gasteiger charge is 2.28. The van der Waals surface area contributed by atoms with Gasteiger partial charge >= 0.3 is 0 Å². The Balaban J connectivity index is 1.94. The van der Waals surface area contributed by atoms with Crippen LogP contribution in [0, 0.1) is 0 Å². The molecule has 2 aromatic rings. The van der Waals surface area contributed by atoms with Crippen molar-refractivity contribution in [1.29, 1.82) is 0 Å². The number of rotatable bonds is 4. The molecule has 0 aromatic heterocycles. The summed E-state index contributed by atoms with van der Waals surface area (Å²) in [5.74, 6) is 0.335. The number of hydrogen-bond donors (Lipinski definition) is 1. The lowest BCUT2D eigenvalue weighted by atomic mass is 10.1. The van der Waals surface area contributed by atoms with Gasteiger partial charge in [0.25, 0.3) is 0 Å². The highest BCUT2D eigenvalue weighted by atomic mass is 79.9. The normalized spacial score (nSPS) is 17.3. The number of benzene rings is 2. The molecule has 0 unspecified atom stereocenters. The second-order valence-electron chi connectivity index (χ2n) is 5.21. The quantitative estimate of drug-likeness (QED) is 0.882. The smallest absolute Gasteiger partial charge is 0.244 e. The molecule has 0 fully saturated rings. The summed E-state index contributed by atoms with van der Waals surface area (Å²) in [7, 11) is -2.19. The SMILES string of the molecule is COc1ccc(Br)cc1S(=O)(=O)N[C@H]1CCc2ccccc21. The van der Waals surface area contributed by atoms with Crippen LogP contribution in [-0.4, -0.2) is 15.5 Å². The number of halogens is 1. The van der Waals surface area contributed by atoms with Gasteiger partial charge in [-0.3, -0.25) is 0 Å². The molecule has 1 atom stereocenters. The third kappa shape index (κ3) is 2.91. The highest BCUT2D eigenvalue weighted by Crippen LogP contribution is 2.34. The van der Waals surface area contributed by atoms with E-state index in [9.17, 15) is 8.42 Å². The van der Waals surface area contributed by atoms with E-state index in [4.69, 9.17) is 4.74 Å². The summed E-state index contributed by atoms with van der Waals surface area (Å²) in [4.78, 5) is 0.147. The molecule has 0 saturated heterocycles. The molecule has 0 radical (unpaired) electrons. The van der Waals surface area contributed by atoms with Crippen molar-refractivity contribution in [3.8, 4) is 5.75 Å². The van der Waals surface area contributed by atoms with Gasteiger partial charge in [0.2, 0.25) is 10.0 Å². The summed E-state index contributed by atoms with van der Waals surface area (Å²) in [5.41, 5.74) is 2.26. The summed E-state index contributed by atoms with van der Waals surface area (Å²) >= 11 is 3.31. The van der Waals surface area contributed by atoms with Crippen LogP contribution in [0.1, 0.15) is 23.6 Å². The van der Waals surface area contributed by atoms with Gasteiger partial charge in [-0.25, -0.2) is 13.1 Å². The van der Waals surface area contributed by atoms with Crippen molar-refractivity contribution in [1.82, 2.24) is 4.72 Å². The Bertz CT molecular complexity index is 805. The Morgan fingerprint density at radius 2 is 2.00 bits per heavy atom. The Kier molecular flexibility index (Phi) is 4.25. The summed E-state index contributed by atoms with van der Waals surface area (Å²) in [6.07, 6.45) is 1.66. The molecular weight excluding hydrogens is 366 g/mol. The van der Waals surface area contributed by atoms with Gasteiger partial charge in [0.1, 0.15) is 10.6 Å². The molecule has 116 valence electrons. The topological polar surface area (TPSA) is 55.4 Å². The molecular formula is C16H16BrNO3S. The first-order valence-corrected chi connectivity index (χ1v) is 9.22. The van der Waals surface area contributed by atoms with Gasteiger partial charge in [0, 0.05) is 10.5 Å². The fraction of sp³-hybridized carbons (Fsp3) is 0.250. The van der Waals surface area contributed by atoms with Crippen LogP contribution >= 0.6 is 15.9 Å². The van der Waals surface area contributed by atoms with Crippen LogP contribution in [0.2, 0.25) is 0 Å². The first kappa shape index (κ1) is 15.5. The van der Waals surface area contributed by atoms with Gasteiger partial charge in [-0.15, -0.1) is 0 Å². The maximum absolute atomic E-state index is 12.7. The van der Waals surface area contributed by atoms with Gasteiger partial charge < -0.3 is 4.74 Å². The van der Waals surface area contributed by atoms with Crippen LogP contribution in [0.25, 0.3) is 0 Å². The molecule has 6 heteroatoms. The van der Waals surface area contributed by atoms with Gasteiger partial charge in [-0.05, 0) is 42.2 Å². The third-order valence-electron chi connectivity index (χ3n) is 3.85. The van der Waals surface area contributed by atoms with Crippen LogP contribution < -0.4 is 9.46 Å². The Labute approximate surface area is 138 Å². The Hall–Kier alpha value is -1.37. The first-order valence-electron chi connectivity index (χ1n) is 6.95. The molecule has 22 heavy (non-hydrogen) atoms. The predicted molar refractivity (Wildman–Crippen MR) is 88.5 cm³/mol. The fourth-order valence-corrected chi connectivity index (χ4v) is 4.75. The van der Waals surface area contributed by atoms with E-state index in [1.54, 1.807) is 18.2 Å². The number of fused-ring (bicyclic) bond motifs is 1. The number of hydrogen-bond acceptors (Lipinski definition) is 3. The minimum Gasteiger partial charge on any atom is -0.495 e. The van der Waals surface area contributed by atoms with E-state index in [0.29, 0.717) is 10.2 Å². The molecule has 2 aromatic carbocycles. The molecule has 0 saturated carbocycles. The van der Waals surface area contributed by atoms with E-state index in [0.717, 1.165) is 18.4 Å². The van der Waals surface area contributed by atoms with Crippen molar-refractivity contribution in [2.75, 3.05) is 7.11 Å². The van der Waals surface area contributed by atoms with Crippen LogP contribution in [0.4, 0.5) is 0 Å². The van der Waals surface area contributed by atoms with Crippen molar-refractivity contribution in [3.63, 3.8) is 0 Å². The molecule has 1 aliphatic rings. The van der Waals surface area contributed by atoms with E-state index in [1.807, 2.05) is 24.3 Å². The fourth-order valence-electron chi connectivity index (χ4n) is 2.79. The maximum atomic E-state index is 12.7. The molecule has 0 aliphatic heterocycles. The third-order valence-corrected chi connectivity index (χ3v) is 5.83. The molecule has 0 amide bonds. The predicted octanol–water partition coefficient (Wildman–Crippen LogP) is 3.42. The zero-order valence-electron chi connectivity index (χ0n) is 12.0. The van der Waals surface area contributed by atoms with E-state index in [-0.39, 0.29) is 10.9 Å². The molecule has 0 spiro atoms. The van der Waals surface area contributed by atoms with E-state index < -0.39 is 10.0 Å². The van der Waals surface area contributed by atoms with Gasteiger partial charge in [-0.1, -0.05) is 40.2 Å². The lowest BCUT2D eigenvalue weighted by molar-refractivity contribution is 0.402. The monoisotopic (exact) mass is 381 g/mol. The van der Waals surface area contributed by atoms with Crippen LogP contribution in [0.5, 0.6) is 5.75 Å². The number of nitrogens with one attached hydrogen (secondary N) is 1. The molecule has 1 aliphatic carbocycles. The van der Waals surface area contributed by atoms with Gasteiger partial charge in [0.05, 0.1) is 7.11 Å². The Morgan fingerprint density at radius 1 is 1.23 bits per heavy atom. The molecule has 0 bridgehead atoms. The standard InChI is InChI=1S/C16H16BrNO3S/c1-21-15-9-7-12(17)10-16(15)22(19,20)18-14-8-6-11-4-2-3-5-13(11)14/h2-5,7,9-10,14,18H,6,8H2,1H3/t14-/m0/s1. The average Bonchev–Trinajstić information content (AvgIpc) is 2.90. The molecule has 3 rings (SSSR count). The van der Waals surface area contributed by atoms with Crippen molar-refractivity contribution >= 4 is 26.0 Å². The maximum Gasteiger partial charge on any atom is 0.244 e. The second kappa shape index (κ2) is 6.02. The van der Waals surface area contributed by atoms with Crippen molar-refractivity contribution in [2.24, 2.45) is 0 Å². The first-order chi connectivity index (χ1) is 10.5. The Morgan fingerprint density at radius 3 is 2.77 bits per heavy atom. The number of methoxy groups -OCH3 is 1.